The normalized spacial score (nSPS) is 11.5. The van der Waals surface area contributed by atoms with E-state index in [9.17, 15) is 15.0 Å². The van der Waals surface area contributed by atoms with Gasteiger partial charge in [0, 0.05) is 24.6 Å². The maximum Gasteiger partial charge on any atom is 0.289 e. The van der Waals surface area contributed by atoms with Crippen molar-refractivity contribution in [2.24, 2.45) is 5.41 Å². The number of carbonyl (C=O) groups excluding carboxylic acids is 1. The molecule has 0 atom stereocenters. The van der Waals surface area contributed by atoms with Crippen molar-refractivity contribution in [2.75, 3.05) is 26.8 Å². The Morgan fingerprint density at radius 1 is 1.12 bits per heavy atom. The van der Waals surface area contributed by atoms with Crippen LogP contribution in [0.15, 0.2) is 40.8 Å². The summed E-state index contributed by atoms with van der Waals surface area (Å²) in [5.74, 6) is 0.603. The second-order valence-electron chi connectivity index (χ2n) is 6.50. The van der Waals surface area contributed by atoms with E-state index in [1.165, 1.54) is 10.5 Å². The van der Waals surface area contributed by atoms with Crippen LogP contribution in [0.5, 0.6) is 0 Å². The van der Waals surface area contributed by atoms with Crippen LogP contribution < -0.4 is 0 Å². The number of amides is 1. The molecule has 1 heterocycles. The van der Waals surface area contributed by atoms with E-state index < -0.39 is 5.41 Å². The van der Waals surface area contributed by atoms with Crippen LogP contribution in [0.25, 0.3) is 11.3 Å². The number of aliphatic hydroxyl groups is 2. The largest absolute Gasteiger partial charge is 0.451 e. The van der Waals surface area contributed by atoms with Crippen LogP contribution in [0.2, 0.25) is 0 Å². The Hall–Kier alpha value is -2.11. The summed E-state index contributed by atoms with van der Waals surface area (Å²) >= 11 is 0. The van der Waals surface area contributed by atoms with Gasteiger partial charge in [-0.1, -0.05) is 38.1 Å². The summed E-state index contributed by atoms with van der Waals surface area (Å²) in [6.07, 6.45) is 0.974. The van der Waals surface area contributed by atoms with E-state index in [0.29, 0.717) is 5.76 Å². The van der Waals surface area contributed by atoms with Crippen LogP contribution in [0, 0.1) is 5.41 Å². The summed E-state index contributed by atoms with van der Waals surface area (Å²) in [4.78, 5) is 13.9. The molecular formula is C19H25NO4. The van der Waals surface area contributed by atoms with Crippen molar-refractivity contribution in [3.05, 3.63) is 47.7 Å². The number of hydrogen-bond acceptors (Lipinski definition) is 4. The first-order valence-corrected chi connectivity index (χ1v) is 8.09. The Kier molecular flexibility index (Phi) is 5.80. The summed E-state index contributed by atoms with van der Waals surface area (Å²) in [7, 11) is 1.63. The molecule has 1 aromatic heterocycles. The zero-order chi connectivity index (χ0) is 17.7. The predicted molar refractivity (Wildman–Crippen MR) is 92.8 cm³/mol. The molecule has 0 saturated heterocycles. The molecule has 2 rings (SSSR count). The molecule has 0 bridgehead atoms. The van der Waals surface area contributed by atoms with Gasteiger partial charge in [-0.25, -0.2) is 0 Å². The van der Waals surface area contributed by atoms with Crippen molar-refractivity contribution in [2.45, 2.75) is 20.3 Å². The lowest BCUT2D eigenvalue weighted by molar-refractivity contribution is 0.0352. The average molecular weight is 331 g/mol. The molecule has 0 spiro atoms. The third-order valence-electron chi connectivity index (χ3n) is 4.19. The van der Waals surface area contributed by atoms with Crippen LogP contribution in [-0.2, 0) is 6.42 Å². The molecule has 2 N–H and O–H groups in total. The Bertz CT molecular complexity index is 671. The SMILES string of the molecule is CCc1ccc(-c2ccc(C(=O)N(C)CC(C)(CO)CO)o2)cc1. The van der Waals surface area contributed by atoms with Gasteiger partial charge in [0.25, 0.3) is 5.91 Å². The zero-order valence-corrected chi connectivity index (χ0v) is 14.5. The van der Waals surface area contributed by atoms with Gasteiger partial charge in [0.15, 0.2) is 5.76 Å². The number of nitrogens with zero attached hydrogens (tertiary/aromatic N) is 1. The minimum absolute atomic E-state index is 0.200. The van der Waals surface area contributed by atoms with Crippen molar-refractivity contribution in [1.82, 2.24) is 4.90 Å². The van der Waals surface area contributed by atoms with Gasteiger partial charge in [-0.2, -0.15) is 0 Å². The van der Waals surface area contributed by atoms with Gasteiger partial charge in [0.1, 0.15) is 5.76 Å². The summed E-state index contributed by atoms with van der Waals surface area (Å²) in [6, 6.07) is 11.5. The minimum Gasteiger partial charge on any atom is -0.451 e. The number of benzene rings is 1. The number of aliphatic hydroxyl groups excluding tert-OH is 2. The minimum atomic E-state index is -0.740. The lowest BCUT2D eigenvalue weighted by atomic mass is 9.92. The molecule has 0 aliphatic heterocycles. The molecule has 1 aromatic carbocycles. The number of rotatable bonds is 7. The first-order valence-electron chi connectivity index (χ1n) is 8.09. The number of carbonyl (C=O) groups is 1. The van der Waals surface area contributed by atoms with Crippen molar-refractivity contribution >= 4 is 5.91 Å². The van der Waals surface area contributed by atoms with E-state index >= 15 is 0 Å². The van der Waals surface area contributed by atoms with Gasteiger partial charge in [-0.05, 0) is 24.1 Å². The van der Waals surface area contributed by atoms with E-state index in [1.54, 1.807) is 26.1 Å². The standard InChI is InChI=1S/C19H25NO4/c1-4-14-5-7-15(8-6-14)16-9-10-17(24-16)18(23)20(3)11-19(2,12-21)13-22/h5-10,21-22H,4,11-13H2,1-3H3. The third-order valence-corrected chi connectivity index (χ3v) is 4.19. The second-order valence-corrected chi connectivity index (χ2v) is 6.50. The molecule has 0 radical (unpaired) electrons. The molecule has 0 fully saturated rings. The Morgan fingerprint density at radius 3 is 2.29 bits per heavy atom. The highest BCUT2D eigenvalue weighted by molar-refractivity contribution is 5.92. The van der Waals surface area contributed by atoms with Crippen LogP contribution >= 0.6 is 0 Å². The highest BCUT2D eigenvalue weighted by atomic mass is 16.4. The fraction of sp³-hybridized carbons (Fsp3) is 0.421. The average Bonchev–Trinajstić information content (AvgIpc) is 3.11. The molecule has 5 heteroatoms. The Morgan fingerprint density at radius 2 is 1.75 bits per heavy atom. The van der Waals surface area contributed by atoms with Crippen molar-refractivity contribution in [1.29, 1.82) is 0 Å². The number of furan rings is 1. The third kappa shape index (κ3) is 4.04. The van der Waals surface area contributed by atoms with E-state index in [2.05, 4.69) is 6.92 Å². The van der Waals surface area contributed by atoms with E-state index in [1.807, 2.05) is 24.3 Å². The smallest absolute Gasteiger partial charge is 0.289 e. The molecule has 0 unspecified atom stereocenters. The molecule has 0 aliphatic rings. The maximum absolute atomic E-state index is 12.5. The van der Waals surface area contributed by atoms with Crippen LogP contribution in [0.4, 0.5) is 0 Å². The molecule has 130 valence electrons. The van der Waals surface area contributed by atoms with Gasteiger partial charge in [0.05, 0.1) is 13.2 Å². The van der Waals surface area contributed by atoms with Gasteiger partial charge < -0.3 is 19.5 Å². The highest BCUT2D eigenvalue weighted by Gasteiger charge is 2.28. The van der Waals surface area contributed by atoms with Crippen LogP contribution in [0.1, 0.15) is 30.0 Å². The molecular weight excluding hydrogens is 306 g/mol. The Labute approximate surface area is 142 Å². The molecule has 0 saturated carbocycles. The van der Waals surface area contributed by atoms with Crippen LogP contribution in [0.3, 0.4) is 0 Å². The fourth-order valence-electron chi connectivity index (χ4n) is 2.50. The summed E-state index contributed by atoms with van der Waals surface area (Å²) in [6.45, 7) is 3.66. The highest BCUT2D eigenvalue weighted by Crippen LogP contribution is 2.24. The topological polar surface area (TPSA) is 73.9 Å². The maximum atomic E-state index is 12.5. The van der Waals surface area contributed by atoms with Gasteiger partial charge in [-0.15, -0.1) is 0 Å². The molecule has 2 aromatic rings. The molecule has 0 aliphatic carbocycles. The predicted octanol–water partition coefficient (Wildman–Crippen LogP) is 2.57. The summed E-state index contributed by atoms with van der Waals surface area (Å²) in [5.41, 5.74) is 1.42. The van der Waals surface area contributed by atoms with E-state index in [-0.39, 0.29) is 31.4 Å². The summed E-state index contributed by atoms with van der Waals surface area (Å²) < 4.78 is 5.69. The number of hydrogen-bond donors (Lipinski definition) is 2. The lowest BCUT2D eigenvalue weighted by Crippen LogP contribution is -2.41. The van der Waals surface area contributed by atoms with Crippen molar-refractivity contribution in [3.63, 3.8) is 0 Å². The molecule has 5 nitrogen and oxygen atoms in total. The zero-order valence-electron chi connectivity index (χ0n) is 14.5. The van der Waals surface area contributed by atoms with Gasteiger partial charge >= 0.3 is 0 Å². The first kappa shape index (κ1) is 18.2. The number of aryl methyl sites for hydroxylation is 1. The monoisotopic (exact) mass is 331 g/mol. The molecule has 24 heavy (non-hydrogen) atoms. The van der Waals surface area contributed by atoms with Gasteiger partial charge in [-0.3, -0.25) is 4.79 Å². The first-order chi connectivity index (χ1) is 11.4. The van der Waals surface area contributed by atoms with Crippen molar-refractivity contribution < 1.29 is 19.4 Å². The quantitative estimate of drug-likeness (QED) is 0.818. The van der Waals surface area contributed by atoms with Gasteiger partial charge in [0.2, 0.25) is 0 Å². The lowest BCUT2D eigenvalue weighted by Gasteiger charge is -2.29. The summed E-state index contributed by atoms with van der Waals surface area (Å²) in [5, 5.41) is 18.7. The van der Waals surface area contributed by atoms with Crippen LogP contribution in [-0.4, -0.2) is 47.8 Å². The fourth-order valence-corrected chi connectivity index (χ4v) is 2.50. The van der Waals surface area contributed by atoms with E-state index in [4.69, 9.17) is 4.42 Å². The van der Waals surface area contributed by atoms with Crippen molar-refractivity contribution in [3.8, 4) is 11.3 Å². The Balaban J connectivity index is 2.12. The van der Waals surface area contributed by atoms with E-state index in [0.717, 1.165) is 12.0 Å². The second kappa shape index (κ2) is 7.64. The molecule has 1 amide bonds.